The van der Waals surface area contributed by atoms with E-state index in [1.54, 1.807) is 17.0 Å². The van der Waals surface area contributed by atoms with Crippen LogP contribution >= 0.6 is 0 Å². The molecule has 1 aliphatic rings. The van der Waals surface area contributed by atoms with Crippen LogP contribution < -0.4 is 10.5 Å². The minimum absolute atomic E-state index is 0.156. The largest absolute Gasteiger partial charge is 0.340 e. The van der Waals surface area contributed by atoms with Gasteiger partial charge in [0.05, 0.1) is 18.8 Å². The Morgan fingerprint density at radius 1 is 1.48 bits per heavy atom. The van der Waals surface area contributed by atoms with E-state index in [9.17, 15) is 4.79 Å². The average molecular weight is 339 g/mol. The molecule has 3 aromatic rings. The van der Waals surface area contributed by atoms with Crippen molar-refractivity contribution in [1.82, 2.24) is 29.3 Å². The fourth-order valence-electron chi connectivity index (χ4n) is 3.51. The Balaban J connectivity index is 1.69. The Bertz CT molecular complexity index is 967. The fraction of sp³-hybridized carbons (Fsp3) is 0.412. The maximum atomic E-state index is 12.4. The first-order chi connectivity index (χ1) is 12.2. The second kappa shape index (κ2) is 6.19. The summed E-state index contributed by atoms with van der Waals surface area (Å²) >= 11 is 0. The zero-order chi connectivity index (χ0) is 17.4. The number of imidazole rings is 1. The quantitative estimate of drug-likeness (QED) is 0.731. The van der Waals surface area contributed by atoms with Gasteiger partial charge in [0.1, 0.15) is 11.2 Å². The van der Waals surface area contributed by atoms with E-state index < -0.39 is 0 Å². The molecule has 0 aromatic carbocycles. The number of piperidine rings is 1. The zero-order valence-electron chi connectivity index (χ0n) is 14.2. The van der Waals surface area contributed by atoms with E-state index in [1.165, 1.54) is 0 Å². The minimum Gasteiger partial charge on any atom is -0.340 e. The molecule has 8 nitrogen and oxygen atoms in total. The molecule has 1 unspecified atom stereocenters. The number of allylic oxidation sites excluding steroid dienone is 1. The molecular formula is C17H21N7O. The van der Waals surface area contributed by atoms with Gasteiger partial charge in [0.25, 0.3) is 5.56 Å². The molecule has 0 bridgehead atoms. The highest BCUT2D eigenvalue weighted by Gasteiger charge is 2.24. The summed E-state index contributed by atoms with van der Waals surface area (Å²) < 4.78 is 3.90. The summed E-state index contributed by atoms with van der Waals surface area (Å²) in [6.07, 6.45) is 9.27. The van der Waals surface area contributed by atoms with E-state index in [0.29, 0.717) is 29.6 Å². The Hall–Kier alpha value is -2.90. The number of nitrogens with one attached hydrogen (secondary N) is 1. The molecule has 0 spiro atoms. The standard InChI is InChI=1S/C17H21N7O/c1-3-7-24-15-14(10-19-24)16(25)21-17(20-15)22-8-4-5-13(11-22)23-9-6-18-12(23)2/h3,6,9-10,13H,1,4-5,7-8,11H2,2H3,(H,20,21,25). The molecule has 8 heteroatoms. The maximum absolute atomic E-state index is 12.4. The lowest BCUT2D eigenvalue weighted by atomic mass is 10.1. The lowest BCUT2D eigenvalue weighted by Gasteiger charge is -2.34. The molecule has 1 saturated heterocycles. The molecule has 1 N–H and O–H groups in total. The smallest absolute Gasteiger partial charge is 0.263 e. The molecule has 1 aliphatic heterocycles. The van der Waals surface area contributed by atoms with Gasteiger partial charge in [-0.25, -0.2) is 9.67 Å². The van der Waals surface area contributed by atoms with E-state index in [0.717, 1.165) is 31.8 Å². The topological polar surface area (TPSA) is 84.6 Å². The number of hydrogen-bond acceptors (Lipinski definition) is 5. The molecule has 130 valence electrons. The SMILES string of the molecule is C=CCn1ncc2c(=O)[nH]c(N3CCCC(n4ccnc4C)C3)nc21. The first kappa shape index (κ1) is 15.6. The van der Waals surface area contributed by atoms with Gasteiger partial charge in [0.15, 0.2) is 5.65 Å². The summed E-state index contributed by atoms with van der Waals surface area (Å²) in [5.41, 5.74) is 0.441. The Kier molecular flexibility index (Phi) is 3.87. The van der Waals surface area contributed by atoms with Crippen LogP contribution in [0.1, 0.15) is 24.7 Å². The normalized spacial score (nSPS) is 18.0. The lowest BCUT2D eigenvalue weighted by molar-refractivity contribution is 0.396. The molecule has 0 saturated carbocycles. The summed E-state index contributed by atoms with van der Waals surface area (Å²) in [5, 5.41) is 4.74. The van der Waals surface area contributed by atoms with E-state index >= 15 is 0 Å². The maximum Gasteiger partial charge on any atom is 0.263 e. The summed E-state index contributed by atoms with van der Waals surface area (Å²) in [6.45, 7) is 7.93. The first-order valence-electron chi connectivity index (χ1n) is 8.48. The number of aromatic nitrogens is 6. The molecule has 0 amide bonds. The highest BCUT2D eigenvalue weighted by Crippen LogP contribution is 2.25. The minimum atomic E-state index is -0.156. The molecule has 25 heavy (non-hydrogen) atoms. The van der Waals surface area contributed by atoms with Gasteiger partial charge in [-0.1, -0.05) is 6.08 Å². The highest BCUT2D eigenvalue weighted by atomic mass is 16.1. The van der Waals surface area contributed by atoms with Gasteiger partial charge in [-0.3, -0.25) is 9.78 Å². The van der Waals surface area contributed by atoms with Crippen LogP contribution in [-0.4, -0.2) is 42.4 Å². The Morgan fingerprint density at radius 2 is 2.36 bits per heavy atom. The van der Waals surface area contributed by atoms with Gasteiger partial charge in [-0.15, -0.1) is 6.58 Å². The van der Waals surface area contributed by atoms with Crippen LogP contribution in [0.4, 0.5) is 5.95 Å². The molecule has 1 fully saturated rings. The van der Waals surface area contributed by atoms with Crippen LogP contribution in [0.3, 0.4) is 0 Å². The van der Waals surface area contributed by atoms with E-state index in [-0.39, 0.29) is 5.56 Å². The molecular weight excluding hydrogens is 318 g/mol. The van der Waals surface area contributed by atoms with Crippen molar-refractivity contribution < 1.29 is 0 Å². The van der Waals surface area contributed by atoms with Gasteiger partial charge >= 0.3 is 0 Å². The van der Waals surface area contributed by atoms with Crippen molar-refractivity contribution in [2.45, 2.75) is 32.4 Å². The van der Waals surface area contributed by atoms with Crippen LogP contribution in [-0.2, 0) is 6.54 Å². The fourth-order valence-corrected chi connectivity index (χ4v) is 3.51. The zero-order valence-corrected chi connectivity index (χ0v) is 14.2. The number of aromatic amines is 1. The van der Waals surface area contributed by atoms with Crippen molar-refractivity contribution >= 4 is 17.0 Å². The Morgan fingerprint density at radius 3 is 3.12 bits per heavy atom. The van der Waals surface area contributed by atoms with Crippen molar-refractivity contribution in [3.05, 3.63) is 47.4 Å². The third kappa shape index (κ3) is 2.73. The summed E-state index contributed by atoms with van der Waals surface area (Å²) in [7, 11) is 0. The number of anilines is 1. The second-order valence-electron chi connectivity index (χ2n) is 6.37. The predicted octanol–water partition coefficient (Wildman–Crippen LogP) is 1.65. The van der Waals surface area contributed by atoms with Gasteiger partial charge in [-0.2, -0.15) is 10.1 Å². The van der Waals surface area contributed by atoms with Crippen LogP contribution in [0, 0.1) is 6.92 Å². The number of fused-ring (bicyclic) bond motifs is 1. The third-order valence-corrected chi connectivity index (χ3v) is 4.75. The van der Waals surface area contributed by atoms with Gasteiger partial charge in [-0.05, 0) is 19.8 Å². The van der Waals surface area contributed by atoms with Gasteiger partial charge in [0.2, 0.25) is 5.95 Å². The summed E-state index contributed by atoms with van der Waals surface area (Å²) in [6, 6.07) is 0.329. The third-order valence-electron chi connectivity index (χ3n) is 4.75. The number of H-pyrrole nitrogens is 1. The molecule has 0 aliphatic carbocycles. The lowest BCUT2D eigenvalue weighted by Crippen LogP contribution is -2.38. The van der Waals surface area contributed by atoms with E-state index in [2.05, 4.69) is 36.1 Å². The summed E-state index contributed by atoms with van der Waals surface area (Å²) in [5.74, 6) is 1.61. The number of nitrogens with zero attached hydrogens (tertiary/aromatic N) is 6. The summed E-state index contributed by atoms with van der Waals surface area (Å²) in [4.78, 5) is 26.5. The average Bonchev–Trinajstić information content (AvgIpc) is 3.22. The van der Waals surface area contributed by atoms with E-state index in [1.807, 2.05) is 19.3 Å². The van der Waals surface area contributed by atoms with Crippen LogP contribution in [0.25, 0.3) is 11.0 Å². The van der Waals surface area contributed by atoms with E-state index in [4.69, 9.17) is 0 Å². The predicted molar refractivity (Wildman–Crippen MR) is 95.8 cm³/mol. The monoisotopic (exact) mass is 339 g/mol. The van der Waals surface area contributed by atoms with Crippen molar-refractivity contribution in [2.75, 3.05) is 18.0 Å². The van der Waals surface area contributed by atoms with Crippen LogP contribution in [0.2, 0.25) is 0 Å². The number of aryl methyl sites for hydroxylation is 1. The van der Waals surface area contributed by atoms with Gasteiger partial charge in [0, 0.05) is 25.5 Å². The van der Waals surface area contributed by atoms with Crippen molar-refractivity contribution in [3.8, 4) is 0 Å². The van der Waals surface area contributed by atoms with Crippen molar-refractivity contribution in [1.29, 1.82) is 0 Å². The van der Waals surface area contributed by atoms with Crippen molar-refractivity contribution in [2.24, 2.45) is 0 Å². The molecule has 4 rings (SSSR count). The molecule has 1 atom stereocenters. The Labute approximate surface area is 144 Å². The second-order valence-corrected chi connectivity index (χ2v) is 6.37. The van der Waals surface area contributed by atoms with Crippen LogP contribution in [0.15, 0.2) is 36.0 Å². The van der Waals surface area contributed by atoms with Crippen molar-refractivity contribution in [3.63, 3.8) is 0 Å². The molecule has 3 aromatic heterocycles. The van der Waals surface area contributed by atoms with Crippen LogP contribution in [0.5, 0.6) is 0 Å². The number of rotatable bonds is 4. The molecule has 0 radical (unpaired) electrons. The molecule has 4 heterocycles. The number of hydrogen-bond donors (Lipinski definition) is 1. The highest BCUT2D eigenvalue weighted by molar-refractivity contribution is 5.74. The first-order valence-corrected chi connectivity index (χ1v) is 8.48. The van der Waals surface area contributed by atoms with Gasteiger partial charge < -0.3 is 9.47 Å².